The van der Waals surface area contributed by atoms with Crippen molar-refractivity contribution in [2.24, 2.45) is 13.0 Å². The van der Waals surface area contributed by atoms with Gasteiger partial charge in [0.25, 0.3) is 0 Å². The fraction of sp³-hybridized carbons (Fsp3) is 0.355. The Bertz CT molecular complexity index is 1790. The van der Waals surface area contributed by atoms with Gasteiger partial charge in [0.15, 0.2) is 0 Å². The van der Waals surface area contributed by atoms with Crippen molar-refractivity contribution in [1.82, 2.24) is 19.4 Å². The SMILES string of the molecule is CNc1cc(F)cc2c1Cc1ncc(-c3cnc4c(c3)c(=O)c(C(=O)O)cn4C)c(N3CCOCC(CN(C)C)C3)c1-2. The quantitative estimate of drug-likeness (QED) is 0.316. The lowest BCUT2D eigenvalue weighted by atomic mass is 9.96. The van der Waals surface area contributed by atoms with Gasteiger partial charge >= 0.3 is 5.97 Å². The number of aromatic nitrogens is 3. The van der Waals surface area contributed by atoms with Gasteiger partial charge in [-0.1, -0.05) is 0 Å². The van der Waals surface area contributed by atoms with E-state index in [1.54, 1.807) is 43.2 Å². The third kappa shape index (κ3) is 4.78. The second-order valence-corrected chi connectivity index (χ2v) is 11.3. The first-order chi connectivity index (χ1) is 20.2. The number of pyridine rings is 3. The third-order valence-corrected chi connectivity index (χ3v) is 8.06. The van der Waals surface area contributed by atoms with Crippen LogP contribution in [0.5, 0.6) is 0 Å². The molecule has 11 heteroatoms. The van der Waals surface area contributed by atoms with E-state index >= 15 is 0 Å². The summed E-state index contributed by atoms with van der Waals surface area (Å²) in [4.78, 5) is 38.9. The summed E-state index contributed by atoms with van der Waals surface area (Å²) < 4.78 is 22.5. The predicted molar refractivity (Wildman–Crippen MR) is 160 cm³/mol. The molecule has 218 valence electrons. The zero-order chi connectivity index (χ0) is 29.7. The summed E-state index contributed by atoms with van der Waals surface area (Å²) in [5.41, 5.74) is 5.89. The van der Waals surface area contributed by atoms with E-state index in [-0.39, 0.29) is 22.7 Å². The Hall–Kier alpha value is -4.35. The standard InChI is InChI=1S/C31H33FN6O4/c1-33-25-9-19(32)8-21-20(25)10-26-27(21)28(38-5-6-42-16-17(14-38)13-36(2)3)23(12-34-26)18-7-22-29(39)24(31(40)41)15-37(4)30(22)35-11-18/h7-9,11-12,15,17,33H,5-6,10,13-14,16H2,1-4H3,(H,40,41). The summed E-state index contributed by atoms with van der Waals surface area (Å²) >= 11 is 0. The fourth-order valence-electron chi connectivity index (χ4n) is 6.31. The summed E-state index contributed by atoms with van der Waals surface area (Å²) in [6.45, 7) is 3.30. The number of nitrogens with one attached hydrogen (secondary N) is 1. The van der Waals surface area contributed by atoms with Crippen LogP contribution in [0.25, 0.3) is 33.3 Å². The molecule has 10 nitrogen and oxygen atoms in total. The number of hydrogen-bond donors (Lipinski definition) is 2. The average Bonchev–Trinajstić information content (AvgIpc) is 3.17. The lowest BCUT2D eigenvalue weighted by Gasteiger charge is -2.31. The van der Waals surface area contributed by atoms with E-state index in [1.165, 1.54) is 12.3 Å². The van der Waals surface area contributed by atoms with Gasteiger partial charge < -0.3 is 29.5 Å². The molecule has 42 heavy (non-hydrogen) atoms. The zero-order valence-corrected chi connectivity index (χ0v) is 24.1. The normalized spacial score (nSPS) is 16.4. The number of carboxylic acids is 1. The van der Waals surface area contributed by atoms with E-state index < -0.39 is 11.4 Å². The van der Waals surface area contributed by atoms with Crippen molar-refractivity contribution in [3.8, 4) is 22.3 Å². The average molecular weight is 573 g/mol. The molecule has 4 aromatic rings. The molecule has 0 bridgehead atoms. The molecule has 0 radical (unpaired) electrons. The highest BCUT2D eigenvalue weighted by Gasteiger charge is 2.32. The van der Waals surface area contributed by atoms with E-state index in [4.69, 9.17) is 9.72 Å². The van der Waals surface area contributed by atoms with Crippen LogP contribution in [0.2, 0.25) is 0 Å². The second-order valence-electron chi connectivity index (χ2n) is 11.3. The maximum Gasteiger partial charge on any atom is 0.341 e. The van der Waals surface area contributed by atoms with E-state index in [2.05, 4.69) is 20.1 Å². The number of carboxylic acid groups (broad SMARTS) is 1. The number of halogens is 1. The molecule has 1 unspecified atom stereocenters. The number of carbonyl (C=O) groups is 1. The first-order valence-corrected chi connectivity index (χ1v) is 13.9. The summed E-state index contributed by atoms with van der Waals surface area (Å²) in [6, 6.07) is 4.76. The minimum Gasteiger partial charge on any atom is -0.477 e. The van der Waals surface area contributed by atoms with E-state index in [1.807, 2.05) is 14.1 Å². The molecule has 6 rings (SSSR count). The zero-order valence-electron chi connectivity index (χ0n) is 24.1. The maximum atomic E-state index is 14.9. The summed E-state index contributed by atoms with van der Waals surface area (Å²) in [7, 11) is 7.52. The van der Waals surface area contributed by atoms with Crippen LogP contribution in [-0.2, 0) is 18.2 Å². The maximum absolute atomic E-state index is 14.9. The van der Waals surface area contributed by atoms with Gasteiger partial charge in [-0.05, 0) is 43.4 Å². The minimum absolute atomic E-state index is 0.204. The van der Waals surface area contributed by atoms with Crippen molar-refractivity contribution in [2.75, 3.05) is 64.2 Å². The summed E-state index contributed by atoms with van der Waals surface area (Å²) in [5, 5.41) is 13.0. The molecule has 0 spiro atoms. The Kier molecular flexibility index (Phi) is 7.15. The molecule has 2 N–H and O–H groups in total. The van der Waals surface area contributed by atoms with Gasteiger partial charge in [0.05, 0.1) is 30.0 Å². The first kappa shape index (κ1) is 27.8. The van der Waals surface area contributed by atoms with Gasteiger partial charge in [-0.2, -0.15) is 0 Å². The second kappa shape index (κ2) is 10.8. The number of aromatic carboxylic acids is 1. The number of rotatable bonds is 6. The Morgan fingerprint density at radius 3 is 2.76 bits per heavy atom. The molecule has 2 aliphatic rings. The number of hydrogen-bond acceptors (Lipinski definition) is 8. The summed E-state index contributed by atoms with van der Waals surface area (Å²) in [6.07, 6.45) is 5.31. The molecule has 1 aromatic carbocycles. The highest BCUT2D eigenvalue weighted by molar-refractivity contribution is 5.98. The molecule has 1 atom stereocenters. The molecule has 1 saturated heterocycles. The van der Waals surface area contributed by atoms with Crippen LogP contribution in [0.4, 0.5) is 15.8 Å². The highest BCUT2D eigenvalue weighted by Crippen LogP contribution is 2.49. The van der Waals surface area contributed by atoms with Crippen molar-refractivity contribution in [2.45, 2.75) is 6.42 Å². The molecular weight excluding hydrogens is 539 g/mol. The van der Waals surface area contributed by atoms with Crippen LogP contribution in [0.1, 0.15) is 21.6 Å². The smallest absolute Gasteiger partial charge is 0.341 e. The fourth-order valence-corrected chi connectivity index (χ4v) is 6.31. The molecule has 3 aromatic heterocycles. The Labute approximate surface area is 242 Å². The van der Waals surface area contributed by atoms with Gasteiger partial charge in [-0.25, -0.2) is 14.2 Å². The first-order valence-electron chi connectivity index (χ1n) is 13.9. The number of aryl methyl sites for hydroxylation is 1. The molecule has 1 aliphatic carbocycles. The predicted octanol–water partition coefficient (Wildman–Crippen LogP) is 3.46. The number of anilines is 2. The van der Waals surface area contributed by atoms with Crippen LogP contribution in [0.3, 0.4) is 0 Å². The minimum atomic E-state index is -1.29. The van der Waals surface area contributed by atoms with Gasteiger partial charge in [-0.3, -0.25) is 9.78 Å². The molecule has 1 aliphatic heterocycles. The van der Waals surface area contributed by atoms with Crippen molar-refractivity contribution >= 4 is 28.4 Å². The molecule has 0 amide bonds. The third-order valence-electron chi connectivity index (χ3n) is 8.06. The Balaban J connectivity index is 1.61. The Morgan fingerprint density at radius 1 is 1.21 bits per heavy atom. The van der Waals surface area contributed by atoms with Gasteiger partial charge in [0, 0.05) is 87.0 Å². The lowest BCUT2D eigenvalue weighted by molar-refractivity contribution is 0.0695. The Morgan fingerprint density at radius 2 is 2.02 bits per heavy atom. The van der Waals surface area contributed by atoms with Crippen LogP contribution in [-0.4, -0.2) is 84.5 Å². The molecule has 4 heterocycles. The van der Waals surface area contributed by atoms with Crippen molar-refractivity contribution in [3.63, 3.8) is 0 Å². The van der Waals surface area contributed by atoms with E-state index in [0.717, 1.165) is 45.9 Å². The van der Waals surface area contributed by atoms with Gasteiger partial charge in [0.2, 0.25) is 5.43 Å². The highest BCUT2D eigenvalue weighted by atomic mass is 19.1. The van der Waals surface area contributed by atoms with E-state index in [0.29, 0.717) is 43.9 Å². The number of fused-ring (bicyclic) bond motifs is 4. The van der Waals surface area contributed by atoms with Crippen molar-refractivity contribution < 1.29 is 19.0 Å². The van der Waals surface area contributed by atoms with Crippen LogP contribution < -0.4 is 15.6 Å². The number of nitrogens with zero attached hydrogens (tertiary/aromatic N) is 5. The topological polar surface area (TPSA) is 113 Å². The monoisotopic (exact) mass is 572 g/mol. The molecule has 0 saturated carbocycles. The van der Waals surface area contributed by atoms with Crippen molar-refractivity contribution in [3.05, 3.63) is 69.7 Å². The summed E-state index contributed by atoms with van der Waals surface area (Å²) in [5.74, 6) is -1.41. The van der Waals surface area contributed by atoms with Crippen LogP contribution >= 0.6 is 0 Å². The van der Waals surface area contributed by atoms with Crippen LogP contribution in [0.15, 0.2) is 41.6 Å². The van der Waals surface area contributed by atoms with Crippen molar-refractivity contribution in [1.29, 1.82) is 0 Å². The molecule has 1 fully saturated rings. The van der Waals surface area contributed by atoms with Gasteiger partial charge in [-0.15, -0.1) is 0 Å². The lowest BCUT2D eigenvalue weighted by Crippen LogP contribution is -2.35. The number of benzene rings is 1. The van der Waals surface area contributed by atoms with Crippen LogP contribution in [0, 0.1) is 11.7 Å². The van der Waals surface area contributed by atoms with Gasteiger partial charge in [0.1, 0.15) is 17.0 Å². The number of ether oxygens (including phenoxy) is 1. The van der Waals surface area contributed by atoms with E-state index in [9.17, 15) is 19.1 Å². The largest absolute Gasteiger partial charge is 0.477 e. The molecular formula is C31H33FN6O4.